The van der Waals surface area contributed by atoms with Crippen molar-refractivity contribution in [2.75, 3.05) is 10.6 Å². The smallest absolute Gasteiger partial charge is 0.275 e. The van der Waals surface area contributed by atoms with Crippen molar-refractivity contribution >= 4 is 17.4 Å². The molecule has 0 atom stereocenters. The molecule has 0 bridgehead atoms. The molecule has 0 fully saturated rings. The summed E-state index contributed by atoms with van der Waals surface area (Å²) in [5, 5.41) is 5.92. The van der Waals surface area contributed by atoms with Crippen LogP contribution in [0.25, 0.3) is 0 Å². The van der Waals surface area contributed by atoms with Crippen molar-refractivity contribution in [2.45, 2.75) is 26.8 Å². The number of aryl methyl sites for hydroxylation is 2. The molecule has 6 heteroatoms. The summed E-state index contributed by atoms with van der Waals surface area (Å²) in [6.45, 7) is 4.28. The number of amides is 1. The molecule has 2 aromatic carbocycles. The second kappa shape index (κ2) is 8.40. The van der Waals surface area contributed by atoms with Crippen LogP contribution in [0.1, 0.15) is 34.1 Å². The minimum absolute atomic E-state index is 0.219. The molecular formula is C21H21FN4O. The number of carbonyl (C=O) groups is 1. The van der Waals surface area contributed by atoms with Crippen LogP contribution in [0.4, 0.5) is 15.9 Å². The van der Waals surface area contributed by atoms with Crippen LogP contribution >= 0.6 is 0 Å². The van der Waals surface area contributed by atoms with E-state index in [0.29, 0.717) is 11.4 Å². The quantitative estimate of drug-likeness (QED) is 0.682. The first-order valence-corrected chi connectivity index (χ1v) is 8.77. The average molecular weight is 364 g/mol. The molecule has 27 heavy (non-hydrogen) atoms. The monoisotopic (exact) mass is 364 g/mol. The number of halogens is 1. The third-order valence-electron chi connectivity index (χ3n) is 4.28. The van der Waals surface area contributed by atoms with Crippen LogP contribution in [0.5, 0.6) is 0 Å². The van der Waals surface area contributed by atoms with E-state index in [1.54, 1.807) is 18.2 Å². The van der Waals surface area contributed by atoms with Crippen LogP contribution in [0.3, 0.4) is 0 Å². The van der Waals surface area contributed by atoms with Crippen molar-refractivity contribution in [3.05, 3.63) is 83.1 Å². The highest BCUT2D eigenvalue weighted by Crippen LogP contribution is 2.21. The molecule has 0 spiro atoms. The molecular weight excluding hydrogens is 343 g/mol. The molecule has 2 N–H and O–H groups in total. The van der Waals surface area contributed by atoms with Gasteiger partial charge >= 0.3 is 0 Å². The van der Waals surface area contributed by atoms with Gasteiger partial charge in [-0.05, 0) is 30.5 Å². The van der Waals surface area contributed by atoms with Crippen molar-refractivity contribution in [2.24, 2.45) is 0 Å². The van der Waals surface area contributed by atoms with Crippen LogP contribution in [0.15, 0.2) is 54.9 Å². The van der Waals surface area contributed by atoms with E-state index < -0.39 is 0 Å². The number of anilines is 2. The zero-order chi connectivity index (χ0) is 19.2. The molecule has 0 saturated carbocycles. The van der Waals surface area contributed by atoms with Gasteiger partial charge < -0.3 is 10.6 Å². The van der Waals surface area contributed by atoms with Gasteiger partial charge in [-0.15, -0.1) is 0 Å². The molecule has 0 unspecified atom stereocenters. The molecule has 5 nitrogen and oxygen atoms in total. The number of aromatic nitrogens is 2. The van der Waals surface area contributed by atoms with Gasteiger partial charge in [0.25, 0.3) is 5.91 Å². The molecule has 0 aliphatic carbocycles. The lowest BCUT2D eigenvalue weighted by Crippen LogP contribution is -2.16. The standard InChI is InChI=1S/C21H21FN4O/c1-3-15-9-6-7-14(2)20(15)26-21(27)18-12-25-19(13-23-18)24-11-16-8-4-5-10-17(16)22/h4-10,12-13H,3,11H2,1-2H3,(H,24,25)(H,26,27). The van der Waals surface area contributed by atoms with Crippen molar-refractivity contribution in [3.63, 3.8) is 0 Å². The summed E-state index contributed by atoms with van der Waals surface area (Å²) in [5.74, 6) is -0.119. The molecule has 3 rings (SSSR count). The fourth-order valence-corrected chi connectivity index (χ4v) is 2.74. The van der Waals surface area contributed by atoms with Crippen LogP contribution in [-0.2, 0) is 13.0 Å². The van der Waals surface area contributed by atoms with E-state index in [0.717, 1.165) is 23.2 Å². The number of hydrogen-bond donors (Lipinski definition) is 2. The Labute approximate surface area is 157 Å². The number of hydrogen-bond acceptors (Lipinski definition) is 4. The number of nitrogens with one attached hydrogen (secondary N) is 2. The first-order chi connectivity index (χ1) is 13.1. The van der Waals surface area contributed by atoms with Gasteiger partial charge in [0.05, 0.1) is 12.4 Å². The first kappa shape index (κ1) is 18.5. The van der Waals surface area contributed by atoms with Gasteiger partial charge in [0.1, 0.15) is 17.3 Å². The van der Waals surface area contributed by atoms with Crippen molar-refractivity contribution in [3.8, 4) is 0 Å². The SMILES string of the molecule is CCc1cccc(C)c1NC(=O)c1cnc(NCc2ccccc2F)cn1. The average Bonchev–Trinajstić information content (AvgIpc) is 2.69. The summed E-state index contributed by atoms with van der Waals surface area (Å²) in [7, 11) is 0. The Morgan fingerprint density at radius 3 is 2.52 bits per heavy atom. The van der Waals surface area contributed by atoms with Crippen molar-refractivity contribution < 1.29 is 9.18 Å². The summed E-state index contributed by atoms with van der Waals surface area (Å²) < 4.78 is 13.6. The molecule has 1 heterocycles. The maximum Gasteiger partial charge on any atom is 0.275 e. The van der Waals surface area contributed by atoms with Crippen LogP contribution in [-0.4, -0.2) is 15.9 Å². The van der Waals surface area contributed by atoms with Gasteiger partial charge in [0.15, 0.2) is 0 Å². The Hall–Kier alpha value is -3.28. The Morgan fingerprint density at radius 1 is 1.04 bits per heavy atom. The summed E-state index contributed by atoms with van der Waals surface area (Å²) in [4.78, 5) is 20.8. The van der Waals surface area contributed by atoms with Gasteiger partial charge in [-0.2, -0.15) is 0 Å². The lowest BCUT2D eigenvalue weighted by Gasteiger charge is -2.12. The third kappa shape index (κ3) is 4.47. The minimum Gasteiger partial charge on any atom is -0.365 e. The largest absolute Gasteiger partial charge is 0.365 e. The first-order valence-electron chi connectivity index (χ1n) is 8.77. The highest BCUT2D eigenvalue weighted by atomic mass is 19.1. The summed E-state index contributed by atoms with van der Waals surface area (Å²) in [6.07, 6.45) is 3.69. The Balaban J connectivity index is 1.67. The lowest BCUT2D eigenvalue weighted by molar-refractivity contribution is 0.102. The number of para-hydroxylation sites is 1. The molecule has 138 valence electrons. The second-order valence-electron chi connectivity index (χ2n) is 6.15. The van der Waals surface area contributed by atoms with Gasteiger partial charge in [0.2, 0.25) is 0 Å². The fourth-order valence-electron chi connectivity index (χ4n) is 2.74. The van der Waals surface area contributed by atoms with Crippen molar-refractivity contribution in [1.82, 2.24) is 9.97 Å². The van der Waals surface area contributed by atoms with Gasteiger partial charge in [0, 0.05) is 17.8 Å². The van der Waals surface area contributed by atoms with E-state index in [1.807, 2.05) is 32.0 Å². The van der Waals surface area contributed by atoms with Gasteiger partial charge in [-0.3, -0.25) is 4.79 Å². The second-order valence-corrected chi connectivity index (χ2v) is 6.15. The lowest BCUT2D eigenvalue weighted by atomic mass is 10.1. The molecule has 0 aliphatic rings. The number of nitrogens with zero attached hydrogens (tertiary/aromatic N) is 2. The highest BCUT2D eigenvalue weighted by Gasteiger charge is 2.12. The van der Waals surface area contributed by atoms with E-state index in [1.165, 1.54) is 18.5 Å². The number of carbonyl (C=O) groups excluding carboxylic acids is 1. The molecule has 1 amide bonds. The fraction of sp³-hybridized carbons (Fsp3) is 0.190. The predicted molar refractivity (Wildman–Crippen MR) is 104 cm³/mol. The van der Waals surface area contributed by atoms with Crippen molar-refractivity contribution in [1.29, 1.82) is 0 Å². The van der Waals surface area contributed by atoms with E-state index in [-0.39, 0.29) is 24.0 Å². The third-order valence-corrected chi connectivity index (χ3v) is 4.28. The molecule has 3 aromatic rings. The van der Waals surface area contributed by atoms with Crippen LogP contribution in [0.2, 0.25) is 0 Å². The molecule has 0 aliphatic heterocycles. The zero-order valence-electron chi connectivity index (χ0n) is 15.3. The number of rotatable bonds is 6. The van der Waals surface area contributed by atoms with Gasteiger partial charge in [-0.1, -0.05) is 43.3 Å². The van der Waals surface area contributed by atoms with Gasteiger partial charge in [-0.25, -0.2) is 14.4 Å². The maximum absolute atomic E-state index is 13.6. The normalized spacial score (nSPS) is 10.5. The summed E-state index contributed by atoms with van der Waals surface area (Å²) in [5.41, 5.74) is 3.64. The van der Waals surface area contributed by atoms with E-state index in [2.05, 4.69) is 20.6 Å². The van der Waals surface area contributed by atoms with E-state index in [4.69, 9.17) is 0 Å². The van der Waals surface area contributed by atoms with Crippen LogP contribution in [0, 0.1) is 12.7 Å². The summed E-state index contributed by atoms with van der Waals surface area (Å²) in [6, 6.07) is 12.4. The van der Waals surface area contributed by atoms with Crippen LogP contribution < -0.4 is 10.6 Å². The predicted octanol–water partition coefficient (Wildman–Crippen LogP) is 4.35. The Kier molecular flexibility index (Phi) is 5.76. The van der Waals surface area contributed by atoms with E-state index in [9.17, 15) is 9.18 Å². The molecule has 0 radical (unpaired) electrons. The Bertz CT molecular complexity index is 941. The summed E-state index contributed by atoms with van der Waals surface area (Å²) >= 11 is 0. The number of benzene rings is 2. The Morgan fingerprint density at radius 2 is 1.81 bits per heavy atom. The molecule has 1 aromatic heterocycles. The minimum atomic E-state index is -0.313. The topological polar surface area (TPSA) is 66.9 Å². The van der Waals surface area contributed by atoms with E-state index >= 15 is 0 Å². The molecule has 0 saturated heterocycles. The highest BCUT2D eigenvalue weighted by molar-refractivity contribution is 6.03. The maximum atomic E-state index is 13.6. The zero-order valence-corrected chi connectivity index (χ0v) is 15.3.